The zero-order chi connectivity index (χ0) is 9.68. The summed E-state index contributed by atoms with van der Waals surface area (Å²) in [5.74, 6) is 0.827. The van der Waals surface area contributed by atoms with E-state index in [1.54, 1.807) is 0 Å². The Balaban J connectivity index is 2.13. The molecule has 0 aromatic carbocycles. The number of piperidine rings is 1. The minimum atomic E-state index is 0.465. The summed E-state index contributed by atoms with van der Waals surface area (Å²) in [4.78, 5) is 2.42. The number of nitrogens with zero attached hydrogens (tertiary/aromatic N) is 1. The van der Waals surface area contributed by atoms with Crippen LogP contribution < -0.4 is 11.1 Å². The zero-order valence-corrected chi connectivity index (χ0v) is 8.92. The summed E-state index contributed by atoms with van der Waals surface area (Å²) in [5, 5.41) is 3.47. The topological polar surface area (TPSA) is 41.3 Å². The Labute approximate surface area is 81.7 Å². The zero-order valence-electron chi connectivity index (χ0n) is 8.92. The van der Waals surface area contributed by atoms with E-state index in [4.69, 9.17) is 5.73 Å². The monoisotopic (exact) mass is 185 g/mol. The third kappa shape index (κ3) is 4.07. The van der Waals surface area contributed by atoms with Gasteiger partial charge >= 0.3 is 0 Å². The van der Waals surface area contributed by atoms with Gasteiger partial charge in [0.05, 0.1) is 0 Å². The molecule has 0 aromatic heterocycles. The van der Waals surface area contributed by atoms with Crippen LogP contribution in [0.15, 0.2) is 0 Å². The van der Waals surface area contributed by atoms with Crippen molar-refractivity contribution >= 4 is 0 Å². The Kier molecular flexibility index (Phi) is 4.70. The van der Waals surface area contributed by atoms with E-state index in [1.807, 2.05) is 0 Å². The van der Waals surface area contributed by atoms with E-state index in [2.05, 4.69) is 24.2 Å². The van der Waals surface area contributed by atoms with Crippen LogP contribution in [0.2, 0.25) is 0 Å². The van der Waals surface area contributed by atoms with Crippen molar-refractivity contribution in [3.8, 4) is 0 Å². The Morgan fingerprint density at radius 2 is 2.38 bits per heavy atom. The maximum Gasteiger partial charge on any atom is 0.0162 e. The summed E-state index contributed by atoms with van der Waals surface area (Å²) in [6.45, 7) is 6.52. The van der Waals surface area contributed by atoms with Gasteiger partial charge in [0, 0.05) is 19.1 Å². The molecule has 0 spiro atoms. The fourth-order valence-corrected chi connectivity index (χ4v) is 1.89. The van der Waals surface area contributed by atoms with Crippen molar-refractivity contribution in [1.82, 2.24) is 10.2 Å². The third-order valence-electron chi connectivity index (χ3n) is 2.83. The minimum absolute atomic E-state index is 0.465. The van der Waals surface area contributed by atoms with Crippen molar-refractivity contribution in [2.45, 2.75) is 25.8 Å². The van der Waals surface area contributed by atoms with Gasteiger partial charge in [0.2, 0.25) is 0 Å². The quantitative estimate of drug-likeness (QED) is 0.660. The molecule has 1 rings (SSSR count). The average molecular weight is 185 g/mol. The normalized spacial score (nSPS) is 27.5. The van der Waals surface area contributed by atoms with Crippen LogP contribution in [0.1, 0.15) is 19.8 Å². The molecule has 3 nitrogen and oxygen atoms in total. The summed E-state index contributed by atoms with van der Waals surface area (Å²) in [7, 11) is 2.21. The SMILES string of the molecule is CC(CN)NCC1CCCN(C)C1. The van der Waals surface area contributed by atoms with E-state index in [0.717, 1.165) is 19.0 Å². The summed E-state index contributed by atoms with van der Waals surface area (Å²) in [5.41, 5.74) is 5.54. The van der Waals surface area contributed by atoms with E-state index in [-0.39, 0.29) is 0 Å². The van der Waals surface area contributed by atoms with Gasteiger partial charge in [0.1, 0.15) is 0 Å². The molecule has 1 fully saturated rings. The lowest BCUT2D eigenvalue weighted by Gasteiger charge is -2.30. The molecule has 2 unspecified atom stereocenters. The van der Waals surface area contributed by atoms with Crippen LogP contribution >= 0.6 is 0 Å². The standard InChI is InChI=1S/C10H23N3/c1-9(6-11)12-7-10-4-3-5-13(2)8-10/h9-10,12H,3-8,11H2,1-2H3. The van der Waals surface area contributed by atoms with Gasteiger partial charge in [0.15, 0.2) is 0 Å². The molecule has 0 saturated carbocycles. The van der Waals surface area contributed by atoms with Crippen molar-refractivity contribution < 1.29 is 0 Å². The molecule has 0 radical (unpaired) electrons. The first kappa shape index (κ1) is 11.0. The molecular formula is C10H23N3. The molecule has 2 atom stereocenters. The maximum absolute atomic E-state index is 5.54. The van der Waals surface area contributed by atoms with Crippen LogP contribution in [0.3, 0.4) is 0 Å². The van der Waals surface area contributed by atoms with Crippen molar-refractivity contribution in [2.24, 2.45) is 11.7 Å². The number of hydrogen-bond donors (Lipinski definition) is 2. The van der Waals surface area contributed by atoms with E-state index in [9.17, 15) is 0 Å². The van der Waals surface area contributed by atoms with E-state index in [1.165, 1.54) is 25.9 Å². The molecule has 0 bridgehead atoms. The molecule has 1 saturated heterocycles. The predicted octanol–water partition coefficient (Wildman–Crippen LogP) is 0.265. The Morgan fingerprint density at radius 1 is 1.62 bits per heavy atom. The lowest BCUT2D eigenvalue weighted by molar-refractivity contribution is 0.203. The highest BCUT2D eigenvalue weighted by molar-refractivity contribution is 4.74. The highest BCUT2D eigenvalue weighted by atomic mass is 15.1. The molecule has 0 aromatic rings. The van der Waals surface area contributed by atoms with Crippen molar-refractivity contribution in [1.29, 1.82) is 0 Å². The number of rotatable bonds is 4. The lowest BCUT2D eigenvalue weighted by atomic mass is 9.98. The fourth-order valence-electron chi connectivity index (χ4n) is 1.89. The first-order valence-corrected chi connectivity index (χ1v) is 5.34. The van der Waals surface area contributed by atoms with Crippen LogP contribution in [-0.4, -0.2) is 44.2 Å². The van der Waals surface area contributed by atoms with Gasteiger partial charge in [-0.25, -0.2) is 0 Å². The minimum Gasteiger partial charge on any atom is -0.329 e. The van der Waals surface area contributed by atoms with Gasteiger partial charge in [-0.1, -0.05) is 0 Å². The van der Waals surface area contributed by atoms with Gasteiger partial charge in [-0.3, -0.25) is 0 Å². The molecule has 3 N–H and O–H groups in total. The first-order valence-electron chi connectivity index (χ1n) is 5.34. The average Bonchev–Trinajstić information content (AvgIpc) is 2.14. The van der Waals surface area contributed by atoms with Crippen molar-refractivity contribution in [3.63, 3.8) is 0 Å². The largest absolute Gasteiger partial charge is 0.329 e. The highest BCUT2D eigenvalue weighted by Crippen LogP contribution is 2.13. The summed E-state index contributed by atoms with van der Waals surface area (Å²) in [6.07, 6.45) is 2.72. The van der Waals surface area contributed by atoms with Crippen LogP contribution in [0.5, 0.6) is 0 Å². The predicted molar refractivity (Wildman–Crippen MR) is 56.7 cm³/mol. The molecule has 78 valence electrons. The van der Waals surface area contributed by atoms with Gasteiger partial charge in [-0.2, -0.15) is 0 Å². The Hall–Kier alpha value is -0.120. The molecule has 1 aliphatic heterocycles. The van der Waals surface area contributed by atoms with Crippen LogP contribution in [0.25, 0.3) is 0 Å². The number of nitrogens with one attached hydrogen (secondary N) is 1. The van der Waals surface area contributed by atoms with Gasteiger partial charge in [-0.15, -0.1) is 0 Å². The smallest absolute Gasteiger partial charge is 0.0162 e. The third-order valence-corrected chi connectivity index (χ3v) is 2.83. The van der Waals surface area contributed by atoms with Gasteiger partial charge < -0.3 is 16.0 Å². The molecule has 1 heterocycles. The van der Waals surface area contributed by atoms with Crippen molar-refractivity contribution in [2.75, 3.05) is 33.2 Å². The van der Waals surface area contributed by atoms with E-state index < -0.39 is 0 Å². The summed E-state index contributed by atoms with van der Waals surface area (Å²) < 4.78 is 0. The molecule has 0 amide bonds. The van der Waals surface area contributed by atoms with Crippen LogP contribution in [-0.2, 0) is 0 Å². The lowest BCUT2D eigenvalue weighted by Crippen LogP contribution is -2.41. The highest BCUT2D eigenvalue weighted by Gasteiger charge is 2.16. The number of likely N-dealkylation sites (tertiary alicyclic amines) is 1. The summed E-state index contributed by atoms with van der Waals surface area (Å²) in [6, 6.07) is 0.465. The van der Waals surface area contributed by atoms with Crippen molar-refractivity contribution in [3.05, 3.63) is 0 Å². The number of nitrogens with two attached hydrogens (primary N) is 1. The molecule has 3 heteroatoms. The molecule has 1 aliphatic rings. The van der Waals surface area contributed by atoms with Gasteiger partial charge in [-0.05, 0) is 45.8 Å². The molecular weight excluding hydrogens is 162 g/mol. The molecule has 13 heavy (non-hydrogen) atoms. The fraction of sp³-hybridized carbons (Fsp3) is 1.00. The second kappa shape index (κ2) is 5.58. The maximum atomic E-state index is 5.54. The second-order valence-electron chi connectivity index (χ2n) is 4.32. The van der Waals surface area contributed by atoms with E-state index >= 15 is 0 Å². The first-order chi connectivity index (χ1) is 6.22. The van der Waals surface area contributed by atoms with E-state index in [0.29, 0.717) is 6.04 Å². The van der Waals surface area contributed by atoms with Crippen LogP contribution in [0.4, 0.5) is 0 Å². The van der Waals surface area contributed by atoms with Gasteiger partial charge in [0.25, 0.3) is 0 Å². The summed E-state index contributed by atoms with van der Waals surface area (Å²) >= 11 is 0. The second-order valence-corrected chi connectivity index (χ2v) is 4.32. The molecule has 0 aliphatic carbocycles. The Morgan fingerprint density at radius 3 is 3.00 bits per heavy atom. The van der Waals surface area contributed by atoms with Crippen LogP contribution in [0, 0.1) is 5.92 Å². The number of hydrogen-bond acceptors (Lipinski definition) is 3. The Bertz CT molecular complexity index is 138.